The first-order chi connectivity index (χ1) is 7.66. The molecule has 2 rings (SSSR count). The summed E-state index contributed by atoms with van der Waals surface area (Å²) in [6.07, 6.45) is 6.43. The Kier molecular flexibility index (Phi) is 4.66. The maximum atomic E-state index is 6.09. The molecule has 0 unspecified atom stereocenters. The largest absolute Gasteiger partial charge is 0.227 e. The number of hydrogen-bond donors (Lipinski definition) is 0. The number of rotatable bonds is 2. The van der Waals surface area contributed by atoms with E-state index >= 15 is 0 Å². The van der Waals surface area contributed by atoms with Crippen molar-refractivity contribution in [2.75, 3.05) is 0 Å². The van der Waals surface area contributed by atoms with E-state index in [2.05, 4.69) is 4.98 Å². The van der Waals surface area contributed by atoms with E-state index < -0.39 is 0 Å². The van der Waals surface area contributed by atoms with E-state index in [1.165, 1.54) is 32.1 Å². The van der Waals surface area contributed by atoms with Crippen LogP contribution in [0.25, 0.3) is 0 Å². The van der Waals surface area contributed by atoms with Gasteiger partial charge in [-0.25, -0.2) is 4.98 Å². The Morgan fingerprint density at radius 2 is 1.75 bits per heavy atom. The summed E-state index contributed by atoms with van der Waals surface area (Å²) in [6.45, 7) is 0. The molecule has 1 aliphatic carbocycles. The maximum absolute atomic E-state index is 6.09. The fraction of sp³-hybridized carbons (Fsp3) is 0.545. The number of aromatic nitrogens is 1. The normalized spacial score (nSPS) is 17.7. The van der Waals surface area contributed by atoms with Gasteiger partial charge in [-0.15, -0.1) is 11.8 Å². The summed E-state index contributed by atoms with van der Waals surface area (Å²) < 4.78 is 0. The molecule has 1 nitrogen and oxygen atoms in total. The molecule has 0 saturated heterocycles. The topological polar surface area (TPSA) is 12.9 Å². The Morgan fingerprint density at radius 3 is 2.44 bits per heavy atom. The minimum absolute atomic E-state index is 0.337. The highest BCUT2D eigenvalue weighted by molar-refractivity contribution is 8.00. The van der Waals surface area contributed by atoms with Gasteiger partial charge in [-0.1, -0.05) is 54.1 Å². The van der Waals surface area contributed by atoms with Gasteiger partial charge in [-0.3, -0.25) is 0 Å². The number of thioether (sulfide) groups is 1. The smallest absolute Gasteiger partial charge is 0.149 e. The molecule has 0 aliphatic heterocycles. The number of hydrogen-bond acceptors (Lipinski definition) is 2. The zero-order chi connectivity index (χ0) is 11.5. The van der Waals surface area contributed by atoms with Crippen LogP contribution in [0.2, 0.25) is 15.2 Å². The van der Waals surface area contributed by atoms with E-state index in [0.29, 0.717) is 20.4 Å². The van der Waals surface area contributed by atoms with E-state index in [1.54, 1.807) is 17.8 Å². The Morgan fingerprint density at radius 1 is 1.06 bits per heavy atom. The highest BCUT2D eigenvalue weighted by atomic mass is 35.5. The second-order valence-electron chi connectivity index (χ2n) is 3.93. The first kappa shape index (κ1) is 12.8. The van der Waals surface area contributed by atoms with E-state index in [-0.39, 0.29) is 0 Å². The lowest BCUT2D eigenvalue weighted by molar-refractivity contribution is 0.516. The first-order valence-electron chi connectivity index (χ1n) is 5.35. The minimum atomic E-state index is 0.337. The Hall–Kier alpha value is 0.370. The minimum Gasteiger partial charge on any atom is -0.227 e. The molecule has 0 aromatic carbocycles. The average molecular weight is 297 g/mol. The molecule has 0 amide bonds. The molecule has 0 spiro atoms. The van der Waals surface area contributed by atoms with Gasteiger partial charge in [-0.2, -0.15) is 0 Å². The van der Waals surface area contributed by atoms with Crippen LogP contribution < -0.4 is 0 Å². The summed E-state index contributed by atoms with van der Waals surface area (Å²) in [7, 11) is 0. The second-order valence-corrected chi connectivity index (χ2v) is 6.39. The molecule has 1 aromatic rings. The molecule has 88 valence electrons. The van der Waals surface area contributed by atoms with Gasteiger partial charge in [0, 0.05) is 5.25 Å². The van der Waals surface area contributed by atoms with Crippen LogP contribution in [0.5, 0.6) is 0 Å². The SMILES string of the molecule is Clc1cc(Cl)c(SC2CCCCC2)nc1Cl. The number of nitrogens with zero attached hydrogens (tertiary/aromatic N) is 1. The van der Waals surface area contributed by atoms with E-state index in [9.17, 15) is 0 Å². The van der Waals surface area contributed by atoms with Crippen LogP contribution in [0.15, 0.2) is 11.1 Å². The Bertz CT molecular complexity index is 378. The van der Waals surface area contributed by atoms with Crippen LogP contribution in [0.3, 0.4) is 0 Å². The highest BCUT2D eigenvalue weighted by Crippen LogP contribution is 2.38. The second kappa shape index (κ2) is 5.81. The zero-order valence-corrected chi connectivity index (χ0v) is 11.8. The van der Waals surface area contributed by atoms with Gasteiger partial charge < -0.3 is 0 Å². The van der Waals surface area contributed by atoms with Crippen molar-refractivity contribution in [3.63, 3.8) is 0 Å². The molecule has 0 bridgehead atoms. The van der Waals surface area contributed by atoms with Crippen LogP contribution in [0.1, 0.15) is 32.1 Å². The van der Waals surface area contributed by atoms with E-state index in [1.807, 2.05) is 0 Å². The van der Waals surface area contributed by atoms with Gasteiger partial charge in [0.05, 0.1) is 10.0 Å². The van der Waals surface area contributed by atoms with Crippen molar-refractivity contribution in [1.82, 2.24) is 4.98 Å². The van der Waals surface area contributed by atoms with Crippen LogP contribution >= 0.6 is 46.6 Å². The summed E-state index contributed by atoms with van der Waals surface area (Å²) in [4.78, 5) is 4.23. The summed E-state index contributed by atoms with van der Waals surface area (Å²) in [5, 5.41) is 2.79. The van der Waals surface area contributed by atoms with Crippen molar-refractivity contribution in [3.05, 3.63) is 21.3 Å². The summed E-state index contributed by atoms with van der Waals surface area (Å²) in [5.74, 6) is 0. The third-order valence-corrected chi connectivity index (χ3v) is 5.10. The van der Waals surface area contributed by atoms with Gasteiger partial charge in [0.25, 0.3) is 0 Å². The lowest BCUT2D eigenvalue weighted by Gasteiger charge is -2.20. The predicted octanol–water partition coefficient (Wildman–Crippen LogP) is 5.47. The molecule has 1 aliphatic rings. The third kappa shape index (κ3) is 3.19. The van der Waals surface area contributed by atoms with Crippen molar-refractivity contribution in [1.29, 1.82) is 0 Å². The molecule has 0 N–H and O–H groups in total. The molecule has 1 fully saturated rings. The zero-order valence-electron chi connectivity index (χ0n) is 8.68. The average Bonchev–Trinajstić information content (AvgIpc) is 2.27. The molecule has 5 heteroatoms. The molecule has 1 heterocycles. The lowest BCUT2D eigenvalue weighted by atomic mass is 10.0. The molecule has 1 saturated carbocycles. The first-order valence-corrected chi connectivity index (χ1v) is 7.36. The third-order valence-electron chi connectivity index (χ3n) is 2.69. The van der Waals surface area contributed by atoms with Crippen LogP contribution in [0, 0.1) is 0 Å². The molecule has 0 radical (unpaired) electrons. The molecular weight excluding hydrogens is 285 g/mol. The summed E-state index contributed by atoms with van der Waals surface area (Å²) in [6, 6.07) is 1.67. The number of pyridine rings is 1. The van der Waals surface area contributed by atoms with Gasteiger partial charge in [0.1, 0.15) is 10.2 Å². The van der Waals surface area contributed by atoms with Crippen molar-refractivity contribution < 1.29 is 0 Å². The van der Waals surface area contributed by atoms with Gasteiger partial charge in [0.15, 0.2) is 0 Å². The van der Waals surface area contributed by atoms with Gasteiger partial charge in [0.2, 0.25) is 0 Å². The standard InChI is InChI=1S/C11H12Cl3NS/c12-8-6-9(13)11(15-10(8)14)16-7-4-2-1-3-5-7/h6-7H,1-5H2. The molecule has 16 heavy (non-hydrogen) atoms. The molecule has 1 aromatic heterocycles. The Balaban J connectivity index is 2.11. The van der Waals surface area contributed by atoms with Crippen LogP contribution in [-0.4, -0.2) is 10.2 Å². The Labute approximate surface area is 115 Å². The van der Waals surface area contributed by atoms with Gasteiger partial charge >= 0.3 is 0 Å². The maximum Gasteiger partial charge on any atom is 0.149 e. The number of halogens is 3. The van der Waals surface area contributed by atoms with Crippen molar-refractivity contribution in [2.24, 2.45) is 0 Å². The fourth-order valence-corrected chi connectivity index (χ4v) is 3.73. The predicted molar refractivity (Wildman–Crippen MR) is 72.0 cm³/mol. The van der Waals surface area contributed by atoms with Crippen LogP contribution in [0.4, 0.5) is 0 Å². The van der Waals surface area contributed by atoms with Crippen LogP contribution in [-0.2, 0) is 0 Å². The monoisotopic (exact) mass is 295 g/mol. The lowest BCUT2D eigenvalue weighted by Crippen LogP contribution is -2.08. The van der Waals surface area contributed by atoms with E-state index in [0.717, 1.165) is 5.03 Å². The molecule has 0 atom stereocenters. The van der Waals surface area contributed by atoms with Crippen molar-refractivity contribution in [2.45, 2.75) is 42.4 Å². The van der Waals surface area contributed by atoms with Crippen molar-refractivity contribution >= 4 is 46.6 Å². The van der Waals surface area contributed by atoms with Crippen molar-refractivity contribution in [3.8, 4) is 0 Å². The summed E-state index contributed by atoms with van der Waals surface area (Å²) >= 11 is 19.6. The fourth-order valence-electron chi connectivity index (χ4n) is 1.85. The van der Waals surface area contributed by atoms with Gasteiger partial charge in [-0.05, 0) is 18.9 Å². The molecular formula is C11H12Cl3NS. The quantitative estimate of drug-likeness (QED) is 0.671. The van der Waals surface area contributed by atoms with E-state index in [4.69, 9.17) is 34.8 Å². The summed E-state index contributed by atoms with van der Waals surface area (Å²) in [5.41, 5.74) is 0. The highest BCUT2D eigenvalue weighted by Gasteiger charge is 2.17.